The number of hydrogen-bond acceptors (Lipinski definition) is 2. The Labute approximate surface area is 72.4 Å². The van der Waals surface area contributed by atoms with Crippen LogP contribution in [0.15, 0.2) is 11.8 Å². The van der Waals surface area contributed by atoms with E-state index in [4.69, 9.17) is 0 Å². The summed E-state index contributed by atoms with van der Waals surface area (Å²) >= 11 is 0. The summed E-state index contributed by atoms with van der Waals surface area (Å²) in [6, 6.07) is 0. The molecule has 0 radical (unpaired) electrons. The van der Waals surface area contributed by atoms with Crippen LogP contribution in [-0.2, 0) is 9.59 Å². The van der Waals surface area contributed by atoms with Crippen LogP contribution in [0.5, 0.6) is 0 Å². The number of likely N-dealkylation sites (N-methyl/N-ethyl adjacent to an activating group) is 2. The van der Waals surface area contributed by atoms with Gasteiger partial charge in [0, 0.05) is 21.1 Å². The Balaban J connectivity index is 4.58. The highest BCUT2D eigenvalue weighted by atomic mass is 16.2. The highest BCUT2D eigenvalue weighted by Crippen LogP contribution is 2.01. The second kappa shape index (κ2) is 4.54. The van der Waals surface area contributed by atoms with E-state index in [0.29, 0.717) is 12.1 Å². The van der Waals surface area contributed by atoms with Gasteiger partial charge in [0.15, 0.2) is 0 Å². The van der Waals surface area contributed by atoms with Crippen molar-refractivity contribution in [1.82, 2.24) is 9.80 Å². The molecule has 0 aromatic rings. The lowest BCUT2D eigenvalue weighted by Gasteiger charge is -2.18. The van der Waals surface area contributed by atoms with Crippen molar-refractivity contribution in [2.45, 2.75) is 6.92 Å². The Kier molecular flexibility index (Phi) is 4.04. The zero-order valence-electron chi connectivity index (χ0n) is 7.87. The van der Waals surface area contributed by atoms with Gasteiger partial charge in [0.05, 0.1) is 0 Å². The molecule has 0 rings (SSSR count). The molecule has 0 bridgehead atoms. The van der Waals surface area contributed by atoms with Crippen LogP contribution < -0.4 is 0 Å². The first-order valence-electron chi connectivity index (χ1n) is 3.60. The molecule has 0 aromatic carbocycles. The van der Waals surface area contributed by atoms with Crippen molar-refractivity contribution in [3.8, 4) is 0 Å². The van der Waals surface area contributed by atoms with Crippen molar-refractivity contribution in [2.75, 3.05) is 21.1 Å². The summed E-state index contributed by atoms with van der Waals surface area (Å²) in [5.41, 5.74) is 0.384. The fourth-order valence-electron chi connectivity index (χ4n) is 0.764. The van der Waals surface area contributed by atoms with Crippen molar-refractivity contribution in [1.29, 1.82) is 0 Å². The molecule has 2 amide bonds. The minimum atomic E-state index is -0.174. The average molecular weight is 170 g/mol. The van der Waals surface area contributed by atoms with E-state index in [2.05, 4.69) is 0 Å². The van der Waals surface area contributed by atoms with Gasteiger partial charge in [-0.1, -0.05) is 6.08 Å². The molecule has 0 fully saturated rings. The molecule has 0 aliphatic carbocycles. The van der Waals surface area contributed by atoms with Crippen LogP contribution in [-0.4, -0.2) is 43.3 Å². The van der Waals surface area contributed by atoms with Gasteiger partial charge in [0.2, 0.25) is 6.41 Å². The fraction of sp³-hybridized carbons (Fsp3) is 0.500. The molecule has 68 valence electrons. The number of allylic oxidation sites excluding steroid dienone is 1. The Morgan fingerprint density at radius 2 is 1.75 bits per heavy atom. The summed E-state index contributed by atoms with van der Waals surface area (Å²) in [6.45, 7) is 1.72. The van der Waals surface area contributed by atoms with Gasteiger partial charge < -0.3 is 9.80 Å². The van der Waals surface area contributed by atoms with Gasteiger partial charge in [0.25, 0.3) is 5.91 Å². The van der Waals surface area contributed by atoms with Crippen LogP contribution in [0.4, 0.5) is 0 Å². The monoisotopic (exact) mass is 170 g/mol. The SMILES string of the molecule is C/C=C(/C(=O)N(C)C)N(C)C=O. The third kappa shape index (κ3) is 2.38. The molecule has 0 saturated carbocycles. The van der Waals surface area contributed by atoms with E-state index in [1.807, 2.05) is 0 Å². The van der Waals surface area contributed by atoms with E-state index >= 15 is 0 Å². The summed E-state index contributed by atoms with van der Waals surface area (Å²) in [4.78, 5) is 24.4. The van der Waals surface area contributed by atoms with Gasteiger partial charge >= 0.3 is 0 Å². The van der Waals surface area contributed by atoms with Gasteiger partial charge in [-0.3, -0.25) is 9.59 Å². The third-order valence-corrected chi connectivity index (χ3v) is 1.44. The fourth-order valence-corrected chi connectivity index (χ4v) is 0.764. The maximum absolute atomic E-state index is 11.3. The lowest BCUT2D eigenvalue weighted by Crippen LogP contribution is -2.31. The molecular formula is C8H14N2O2. The largest absolute Gasteiger partial charge is 0.344 e. The molecule has 12 heavy (non-hydrogen) atoms. The molecule has 0 atom stereocenters. The molecule has 0 spiro atoms. The number of carbonyl (C=O) groups is 2. The van der Waals surface area contributed by atoms with E-state index in [-0.39, 0.29) is 5.91 Å². The Hall–Kier alpha value is -1.32. The summed E-state index contributed by atoms with van der Waals surface area (Å²) in [5.74, 6) is -0.174. The molecule has 0 N–H and O–H groups in total. The number of hydrogen-bond donors (Lipinski definition) is 0. The minimum Gasteiger partial charge on any atom is -0.344 e. The van der Waals surface area contributed by atoms with Gasteiger partial charge in [-0.15, -0.1) is 0 Å². The summed E-state index contributed by atoms with van der Waals surface area (Å²) in [7, 11) is 4.83. The Bertz CT molecular complexity index is 209. The zero-order chi connectivity index (χ0) is 9.72. The van der Waals surface area contributed by atoms with E-state index in [9.17, 15) is 9.59 Å². The second-order valence-electron chi connectivity index (χ2n) is 2.59. The number of amides is 2. The third-order valence-electron chi connectivity index (χ3n) is 1.44. The molecule has 0 heterocycles. The van der Waals surface area contributed by atoms with Crippen LogP contribution >= 0.6 is 0 Å². The van der Waals surface area contributed by atoms with Gasteiger partial charge in [-0.05, 0) is 6.92 Å². The highest BCUT2D eigenvalue weighted by molar-refractivity contribution is 5.94. The minimum absolute atomic E-state index is 0.174. The topological polar surface area (TPSA) is 40.6 Å². The van der Waals surface area contributed by atoms with E-state index < -0.39 is 0 Å². The number of carbonyl (C=O) groups excluding carboxylic acids is 2. The highest BCUT2D eigenvalue weighted by Gasteiger charge is 2.13. The van der Waals surface area contributed by atoms with Crippen LogP contribution in [0.25, 0.3) is 0 Å². The van der Waals surface area contributed by atoms with E-state index in [0.717, 1.165) is 0 Å². The van der Waals surface area contributed by atoms with Crippen LogP contribution in [0.2, 0.25) is 0 Å². The predicted octanol–water partition coefficient (Wildman–Crippen LogP) is 0.0666. The first-order chi connectivity index (χ1) is 5.54. The summed E-state index contributed by atoms with van der Waals surface area (Å²) < 4.78 is 0. The van der Waals surface area contributed by atoms with Crippen molar-refractivity contribution in [3.05, 3.63) is 11.8 Å². The number of rotatable bonds is 3. The van der Waals surface area contributed by atoms with Crippen LogP contribution in [0, 0.1) is 0 Å². The molecule has 4 heteroatoms. The number of nitrogens with zero attached hydrogens (tertiary/aromatic N) is 2. The van der Waals surface area contributed by atoms with Crippen LogP contribution in [0.1, 0.15) is 6.92 Å². The van der Waals surface area contributed by atoms with E-state index in [1.54, 1.807) is 34.1 Å². The first kappa shape index (κ1) is 10.7. The van der Waals surface area contributed by atoms with Gasteiger partial charge in [0.1, 0.15) is 5.70 Å². The zero-order valence-corrected chi connectivity index (χ0v) is 7.87. The van der Waals surface area contributed by atoms with Crippen molar-refractivity contribution in [2.24, 2.45) is 0 Å². The second-order valence-corrected chi connectivity index (χ2v) is 2.59. The Morgan fingerprint density at radius 1 is 1.25 bits per heavy atom. The molecule has 0 aromatic heterocycles. The molecular weight excluding hydrogens is 156 g/mol. The van der Waals surface area contributed by atoms with Crippen molar-refractivity contribution >= 4 is 12.3 Å². The quantitative estimate of drug-likeness (QED) is 0.444. The predicted molar refractivity (Wildman–Crippen MR) is 46.3 cm³/mol. The Morgan fingerprint density at radius 3 is 2.00 bits per heavy atom. The van der Waals surface area contributed by atoms with Crippen molar-refractivity contribution < 1.29 is 9.59 Å². The lowest BCUT2D eigenvalue weighted by molar-refractivity contribution is -0.128. The van der Waals surface area contributed by atoms with Crippen LogP contribution in [0.3, 0.4) is 0 Å². The maximum atomic E-state index is 11.3. The molecule has 4 nitrogen and oxygen atoms in total. The smallest absolute Gasteiger partial charge is 0.269 e. The maximum Gasteiger partial charge on any atom is 0.269 e. The van der Waals surface area contributed by atoms with Gasteiger partial charge in [-0.2, -0.15) is 0 Å². The first-order valence-corrected chi connectivity index (χ1v) is 3.60. The van der Waals surface area contributed by atoms with Crippen molar-refractivity contribution in [3.63, 3.8) is 0 Å². The van der Waals surface area contributed by atoms with E-state index in [1.165, 1.54) is 9.80 Å². The molecule has 0 aliphatic heterocycles. The molecule has 0 aliphatic rings. The normalized spacial score (nSPS) is 10.8. The standard InChI is InChI=1S/C8H14N2O2/c1-5-7(10(4)6-11)8(12)9(2)3/h5-6H,1-4H3/b7-5-. The molecule has 0 unspecified atom stereocenters. The lowest BCUT2D eigenvalue weighted by atomic mass is 10.3. The summed E-state index contributed by atoms with van der Waals surface area (Å²) in [6.07, 6.45) is 2.22. The molecule has 0 saturated heterocycles. The average Bonchev–Trinajstić information content (AvgIpc) is 2.05. The van der Waals surface area contributed by atoms with Gasteiger partial charge in [-0.25, -0.2) is 0 Å². The summed E-state index contributed by atoms with van der Waals surface area (Å²) in [5, 5.41) is 0.